The van der Waals surface area contributed by atoms with E-state index in [-0.39, 0.29) is 23.8 Å². The lowest BCUT2D eigenvalue weighted by atomic mass is 10.1. The van der Waals surface area contributed by atoms with E-state index < -0.39 is 5.97 Å². The van der Waals surface area contributed by atoms with Crippen LogP contribution in [0.2, 0.25) is 0 Å². The van der Waals surface area contributed by atoms with Crippen molar-refractivity contribution in [3.8, 4) is 0 Å². The molecule has 6 heteroatoms. The number of carbonyl (C=O) groups is 1. The smallest absolute Gasteiger partial charge is 0.339 e. The van der Waals surface area contributed by atoms with Crippen LogP contribution in [0.4, 0.5) is 0 Å². The van der Waals surface area contributed by atoms with Crippen LogP contribution in [0.5, 0.6) is 0 Å². The van der Waals surface area contributed by atoms with Crippen molar-refractivity contribution in [1.29, 1.82) is 0 Å². The fraction of sp³-hybridized carbons (Fsp3) is 0.462. The molecule has 0 fully saturated rings. The molecule has 0 aliphatic heterocycles. The minimum absolute atomic E-state index is 0.144. The Balaban J connectivity index is 2.76. The summed E-state index contributed by atoms with van der Waals surface area (Å²) in [7, 11) is 0. The molecule has 0 atom stereocenters. The fourth-order valence-corrected chi connectivity index (χ4v) is 2.16. The average molecular weight is 263 g/mol. The number of carbonyl (C=O) groups excluding carboxylic acids is 1. The van der Waals surface area contributed by atoms with Crippen molar-refractivity contribution >= 4 is 17.0 Å². The lowest BCUT2D eigenvalue weighted by Gasteiger charge is -2.07. The second-order valence-electron chi connectivity index (χ2n) is 4.62. The highest BCUT2D eigenvalue weighted by molar-refractivity contribution is 6.03. The molecule has 2 aromatic heterocycles. The van der Waals surface area contributed by atoms with Gasteiger partial charge in [0.25, 0.3) is 0 Å². The van der Waals surface area contributed by atoms with Crippen molar-refractivity contribution in [2.75, 3.05) is 6.61 Å². The van der Waals surface area contributed by atoms with E-state index in [9.17, 15) is 9.59 Å². The molecule has 2 rings (SSSR count). The van der Waals surface area contributed by atoms with Gasteiger partial charge in [0.1, 0.15) is 0 Å². The summed E-state index contributed by atoms with van der Waals surface area (Å²) in [6.07, 6.45) is 0. The molecule has 0 aromatic carbocycles. The third-order valence-corrected chi connectivity index (χ3v) is 2.92. The second kappa shape index (κ2) is 4.87. The number of pyridine rings is 1. The number of fused-ring (bicyclic) bond motifs is 1. The number of aromatic amines is 1. The lowest BCUT2D eigenvalue weighted by Crippen LogP contribution is -2.12. The molecule has 1 N–H and O–H groups in total. The number of ether oxygens (including phenoxy) is 1. The number of rotatable bonds is 3. The van der Waals surface area contributed by atoms with Gasteiger partial charge in [0.05, 0.1) is 17.6 Å². The van der Waals surface area contributed by atoms with Crippen molar-refractivity contribution in [2.24, 2.45) is 0 Å². The van der Waals surface area contributed by atoms with Crippen LogP contribution in [-0.2, 0) is 4.74 Å². The third kappa shape index (κ3) is 2.25. The first-order valence-electron chi connectivity index (χ1n) is 6.25. The first-order chi connectivity index (χ1) is 8.95. The first kappa shape index (κ1) is 13.3. The molecule has 0 saturated carbocycles. The minimum Gasteiger partial charge on any atom is -0.462 e. The molecule has 0 aliphatic rings. The van der Waals surface area contributed by atoms with Crippen molar-refractivity contribution in [3.63, 3.8) is 0 Å². The summed E-state index contributed by atoms with van der Waals surface area (Å²) in [5.74, 6) is -0.495. The quantitative estimate of drug-likeness (QED) is 0.856. The molecule has 2 heterocycles. The van der Waals surface area contributed by atoms with Gasteiger partial charge in [0, 0.05) is 17.8 Å². The third-order valence-electron chi connectivity index (χ3n) is 2.92. The van der Waals surface area contributed by atoms with Gasteiger partial charge in [0.15, 0.2) is 5.65 Å². The van der Waals surface area contributed by atoms with E-state index in [1.807, 2.05) is 20.8 Å². The second-order valence-corrected chi connectivity index (χ2v) is 4.62. The van der Waals surface area contributed by atoms with Crippen LogP contribution in [0.25, 0.3) is 11.0 Å². The summed E-state index contributed by atoms with van der Waals surface area (Å²) >= 11 is 0. The van der Waals surface area contributed by atoms with Crippen LogP contribution >= 0.6 is 0 Å². The Hall–Kier alpha value is -2.11. The van der Waals surface area contributed by atoms with Crippen molar-refractivity contribution < 1.29 is 9.53 Å². The highest BCUT2D eigenvalue weighted by Crippen LogP contribution is 2.22. The Labute approximate surface area is 110 Å². The van der Waals surface area contributed by atoms with Crippen LogP contribution in [0, 0.1) is 6.92 Å². The molecule has 6 nitrogen and oxygen atoms in total. The zero-order valence-electron chi connectivity index (χ0n) is 11.5. The number of H-pyrrole nitrogens is 1. The highest BCUT2D eigenvalue weighted by atomic mass is 16.5. The summed E-state index contributed by atoms with van der Waals surface area (Å²) in [5.41, 5.74) is 1.17. The SMILES string of the molecule is CCOC(=O)c1cc(=O)[nH]c2nn(C(C)C)c(C)c12. The Kier molecular flexibility index (Phi) is 3.42. The molecule has 102 valence electrons. The van der Waals surface area contributed by atoms with E-state index in [1.54, 1.807) is 11.6 Å². The van der Waals surface area contributed by atoms with E-state index in [0.717, 1.165) is 5.69 Å². The molecule has 19 heavy (non-hydrogen) atoms. The first-order valence-corrected chi connectivity index (χ1v) is 6.25. The number of hydrogen-bond acceptors (Lipinski definition) is 4. The van der Waals surface area contributed by atoms with E-state index in [2.05, 4.69) is 10.1 Å². The zero-order chi connectivity index (χ0) is 14.2. The van der Waals surface area contributed by atoms with Gasteiger partial charge in [-0.05, 0) is 27.7 Å². The van der Waals surface area contributed by atoms with Gasteiger partial charge in [0.2, 0.25) is 5.56 Å². The maximum absolute atomic E-state index is 11.9. The topological polar surface area (TPSA) is 77.0 Å². The molecule has 0 amide bonds. The summed E-state index contributed by atoms with van der Waals surface area (Å²) in [6, 6.07) is 1.41. The normalized spacial score (nSPS) is 11.2. The molecule has 2 aromatic rings. The van der Waals surface area contributed by atoms with Gasteiger partial charge in [-0.15, -0.1) is 0 Å². The van der Waals surface area contributed by atoms with Gasteiger partial charge in [-0.1, -0.05) is 0 Å². The number of aromatic nitrogens is 3. The average Bonchev–Trinajstić information content (AvgIpc) is 2.66. The highest BCUT2D eigenvalue weighted by Gasteiger charge is 2.19. The number of aryl methyl sites for hydroxylation is 1. The van der Waals surface area contributed by atoms with E-state index in [1.165, 1.54) is 6.07 Å². The Morgan fingerprint density at radius 2 is 2.21 bits per heavy atom. The molecular weight excluding hydrogens is 246 g/mol. The fourth-order valence-electron chi connectivity index (χ4n) is 2.16. The zero-order valence-corrected chi connectivity index (χ0v) is 11.5. The van der Waals surface area contributed by atoms with Crippen LogP contribution in [0.3, 0.4) is 0 Å². The Morgan fingerprint density at radius 3 is 2.79 bits per heavy atom. The Bertz CT molecular complexity index is 682. The van der Waals surface area contributed by atoms with Crippen molar-refractivity contribution in [2.45, 2.75) is 33.7 Å². The number of esters is 1. The van der Waals surface area contributed by atoms with Crippen molar-refractivity contribution in [1.82, 2.24) is 14.8 Å². The maximum Gasteiger partial charge on any atom is 0.339 e. The summed E-state index contributed by atoms with van der Waals surface area (Å²) < 4.78 is 6.77. The number of hydrogen-bond donors (Lipinski definition) is 1. The summed E-state index contributed by atoms with van der Waals surface area (Å²) in [5, 5.41) is 4.97. The van der Waals surface area contributed by atoms with Gasteiger partial charge < -0.3 is 9.72 Å². The van der Waals surface area contributed by atoms with Gasteiger partial charge >= 0.3 is 5.97 Å². The van der Waals surface area contributed by atoms with Crippen molar-refractivity contribution in [3.05, 3.63) is 27.7 Å². The summed E-state index contributed by atoms with van der Waals surface area (Å²) in [6.45, 7) is 7.84. The maximum atomic E-state index is 11.9. The van der Waals surface area contributed by atoms with E-state index >= 15 is 0 Å². The number of nitrogens with one attached hydrogen (secondary N) is 1. The minimum atomic E-state index is -0.495. The van der Waals surface area contributed by atoms with E-state index in [4.69, 9.17) is 4.74 Å². The number of nitrogens with zero attached hydrogens (tertiary/aromatic N) is 2. The standard InChI is InChI=1S/C13H17N3O3/c1-5-19-13(18)9-6-10(17)14-12-11(9)8(4)16(15-12)7(2)3/h6-7H,5H2,1-4H3,(H,14,15,17). The lowest BCUT2D eigenvalue weighted by molar-refractivity contribution is 0.0528. The predicted octanol–water partition coefficient (Wildman–Crippen LogP) is 1.79. The van der Waals surface area contributed by atoms with Crippen LogP contribution in [-0.4, -0.2) is 27.3 Å². The largest absolute Gasteiger partial charge is 0.462 e. The predicted molar refractivity (Wildman–Crippen MR) is 71.4 cm³/mol. The molecule has 0 spiro atoms. The monoisotopic (exact) mass is 263 g/mol. The molecule has 0 saturated heterocycles. The van der Waals surface area contributed by atoms with E-state index in [0.29, 0.717) is 11.0 Å². The van der Waals surface area contributed by atoms with Gasteiger partial charge in [-0.3, -0.25) is 9.48 Å². The van der Waals surface area contributed by atoms with Crippen LogP contribution in [0.15, 0.2) is 10.9 Å². The van der Waals surface area contributed by atoms with Gasteiger partial charge in [-0.2, -0.15) is 5.10 Å². The molecular formula is C13H17N3O3. The molecule has 0 aliphatic carbocycles. The molecule has 0 unspecified atom stereocenters. The molecule has 0 bridgehead atoms. The molecule has 0 radical (unpaired) electrons. The Morgan fingerprint density at radius 1 is 1.53 bits per heavy atom. The summed E-state index contributed by atoms with van der Waals surface area (Å²) in [4.78, 5) is 26.2. The van der Waals surface area contributed by atoms with Crippen LogP contribution in [0.1, 0.15) is 42.9 Å². The van der Waals surface area contributed by atoms with Crippen LogP contribution < -0.4 is 5.56 Å². The van der Waals surface area contributed by atoms with Gasteiger partial charge in [-0.25, -0.2) is 4.79 Å².